The Labute approximate surface area is 218 Å². The number of morpholine rings is 1. The minimum absolute atomic E-state index is 0.0239. The van der Waals surface area contributed by atoms with Crippen LogP contribution in [0.3, 0.4) is 0 Å². The lowest BCUT2D eigenvalue weighted by Gasteiger charge is -2.39. The van der Waals surface area contributed by atoms with Gasteiger partial charge in [0.15, 0.2) is 0 Å². The van der Waals surface area contributed by atoms with Gasteiger partial charge in [-0.05, 0) is 50.2 Å². The number of piperidine rings is 1. The lowest BCUT2D eigenvalue weighted by atomic mass is 9.76. The van der Waals surface area contributed by atoms with Gasteiger partial charge in [0.25, 0.3) is 5.91 Å². The molecule has 37 heavy (non-hydrogen) atoms. The van der Waals surface area contributed by atoms with Gasteiger partial charge in [0.1, 0.15) is 18.2 Å². The smallest absolute Gasteiger partial charge is 0.447 e. The summed E-state index contributed by atoms with van der Waals surface area (Å²) in [7, 11) is -1.76. The van der Waals surface area contributed by atoms with Crippen molar-refractivity contribution in [3.8, 4) is 6.07 Å². The van der Waals surface area contributed by atoms with Gasteiger partial charge < -0.3 is 29.7 Å². The molecule has 1 aliphatic carbocycles. The second-order valence-electron chi connectivity index (χ2n) is 10.6. The average molecular weight is 510 g/mol. The summed E-state index contributed by atoms with van der Waals surface area (Å²) in [5, 5.41) is 31.8. The SMILES string of the molecule is CC(C)(/C=C(\C#N)C(=O)N1C[C@@H]2C[C@@H]2[C@@H]1COC(=O)N[C@@H](Cc1ccccc1)B(O)O)N1CCOCC1. The number of fused-ring (bicyclic) bond motifs is 1. The van der Waals surface area contributed by atoms with E-state index in [-0.39, 0.29) is 36.5 Å². The van der Waals surface area contributed by atoms with Crippen LogP contribution in [-0.4, -0.2) is 95.9 Å². The minimum atomic E-state index is -1.76. The fourth-order valence-corrected chi connectivity index (χ4v) is 5.35. The molecule has 198 valence electrons. The maximum atomic E-state index is 13.4. The van der Waals surface area contributed by atoms with Crippen LogP contribution in [0.25, 0.3) is 0 Å². The van der Waals surface area contributed by atoms with Gasteiger partial charge >= 0.3 is 13.2 Å². The number of hydrogen-bond donors (Lipinski definition) is 3. The molecule has 2 heterocycles. The van der Waals surface area contributed by atoms with E-state index >= 15 is 0 Å². The molecule has 0 spiro atoms. The second kappa shape index (κ2) is 11.6. The minimum Gasteiger partial charge on any atom is -0.447 e. The molecular formula is C26H35BN4O6. The number of hydrogen-bond acceptors (Lipinski definition) is 8. The first kappa shape index (κ1) is 27.1. The Hall–Kier alpha value is -2.91. The molecule has 2 saturated heterocycles. The van der Waals surface area contributed by atoms with E-state index in [0.717, 1.165) is 25.1 Å². The largest absolute Gasteiger partial charge is 0.475 e. The summed E-state index contributed by atoms with van der Waals surface area (Å²) >= 11 is 0. The number of amides is 2. The first-order valence-electron chi connectivity index (χ1n) is 12.8. The zero-order valence-electron chi connectivity index (χ0n) is 21.4. The number of nitrogens with one attached hydrogen (secondary N) is 1. The fraction of sp³-hybridized carbons (Fsp3) is 0.577. The first-order valence-corrected chi connectivity index (χ1v) is 12.8. The van der Waals surface area contributed by atoms with Crippen LogP contribution in [0.4, 0.5) is 4.79 Å². The molecule has 0 bridgehead atoms. The third-order valence-electron chi connectivity index (χ3n) is 7.59. The summed E-state index contributed by atoms with van der Waals surface area (Å²) in [5.74, 6) is -0.719. The van der Waals surface area contributed by atoms with Crippen LogP contribution in [0.5, 0.6) is 0 Å². The van der Waals surface area contributed by atoms with Gasteiger partial charge in [-0.3, -0.25) is 9.69 Å². The van der Waals surface area contributed by atoms with Crippen molar-refractivity contribution >= 4 is 19.1 Å². The Morgan fingerprint density at radius 1 is 1.30 bits per heavy atom. The van der Waals surface area contributed by atoms with Gasteiger partial charge in [-0.25, -0.2) is 4.79 Å². The average Bonchev–Trinajstić information content (AvgIpc) is 3.57. The van der Waals surface area contributed by atoms with E-state index in [1.807, 2.05) is 44.2 Å². The van der Waals surface area contributed by atoms with Crippen LogP contribution in [0.15, 0.2) is 42.0 Å². The number of carbonyl (C=O) groups excluding carboxylic acids is 2. The van der Waals surface area contributed by atoms with Gasteiger partial charge in [0.2, 0.25) is 0 Å². The predicted octanol–water partition coefficient (Wildman–Crippen LogP) is 0.744. The number of carbonyl (C=O) groups is 2. The molecule has 4 rings (SSSR count). The third kappa shape index (κ3) is 6.70. The molecule has 10 nitrogen and oxygen atoms in total. The Morgan fingerprint density at radius 2 is 2.00 bits per heavy atom. The van der Waals surface area contributed by atoms with E-state index in [4.69, 9.17) is 9.47 Å². The normalized spacial score (nSPS) is 24.6. The topological polar surface area (TPSA) is 135 Å². The highest BCUT2D eigenvalue weighted by molar-refractivity contribution is 6.43. The Balaban J connectivity index is 1.37. The van der Waals surface area contributed by atoms with Crippen molar-refractivity contribution < 1.29 is 29.1 Å². The van der Waals surface area contributed by atoms with Crippen molar-refractivity contribution in [2.75, 3.05) is 39.5 Å². The molecule has 3 aliphatic rings. The highest BCUT2D eigenvalue weighted by atomic mass is 16.5. The molecule has 0 aromatic heterocycles. The molecular weight excluding hydrogens is 475 g/mol. The molecule has 0 radical (unpaired) electrons. The van der Waals surface area contributed by atoms with Crippen molar-refractivity contribution in [1.82, 2.24) is 15.1 Å². The first-order chi connectivity index (χ1) is 17.7. The summed E-state index contributed by atoms with van der Waals surface area (Å²) in [4.78, 5) is 29.8. The van der Waals surface area contributed by atoms with Crippen LogP contribution in [0.1, 0.15) is 25.8 Å². The van der Waals surface area contributed by atoms with Gasteiger partial charge in [-0.15, -0.1) is 0 Å². The van der Waals surface area contributed by atoms with E-state index in [2.05, 4.69) is 16.3 Å². The second-order valence-corrected chi connectivity index (χ2v) is 10.6. The van der Waals surface area contributed by atoms with Crippen molar-refractivity contribution in [2.45, 2.75) is 44.2 Å². The van der Waals surface area contributed by atoms with E-state index in [9.17, 15) is 24.9 Å². The third-order valence-corrected chi connectivity index (χ3v) is 7.59. The number of nitrogens with zero attached hydrogens (tertiary/aromatic N) is 3. The monoisotopic (exact) mass is 510 g/mol. The standard InChI is InChI=1S/C26H35BN4O6/c1-26(2,30-8-10-36-11-9-30)14-20(15-28)24(32)31-16-19-13-21(19)22(31)17-37-25(33)29-23(27(34)35)12-18-6-4-3-5-7-18/h3-7,14,19,21-23,34-35H,8-13,16-17H2,1-2H3,(H,29,33)/b20-14+/t19-,21-,22-,23-/m0/s1. The van der Waals surface area contributed by atoms with Crippen molar-refractivity contribution in [3.63, 3.8) is 0 Å². The predicted molar refractivity (Wildman–Crippen MR) is 136 cm³/mol. The van der Waals surface area contributed by atoms with Gasteiger partial charge in [-0.1, -0.05) is 30.3 Å². The van der Waals surface area contributed by atoms with Crippen molar-refractivity contribution in [1.29, 1.82) is 5.26 Å². The number of ether oxygens (including phenoxy) is 2. The van der Waals surface area contributed by atoms with Gasteiger partial charge in [0, 0.05) is 25.2 Å². The maximum Gasteiger partial charge on any atom is 0.475 e. The Morgan fingerprint density at radius 3 is 2.65 bits per heavy atom. The summed E-state index contributed by atoms with van der Waals surface area (Å²) in [6.07, 6.45) is 2.12. The molecule has 1 aromatic rings. The van der Waals surface area contributed by atoms with Crippen LogP contribution in [-0.2, 0) is 20.7 Å². The van der Waals surface area contributed by atoms with E-state index in [0.29, 0.717) is 25.7 Å². The molecule has 2 amide bonds. The summed E-state index contributed by atoms with van der Waals surface area (Å²) in [6, 6.07) is 10.9. The van der Waals surface area contributed by atoms with Gasteiger partial charge in [-0.2, -0.15) is 5.26 Å². The maximum absolute atomic E-state index is 13.4. The molecule has 1 aromatic carbocycles. The quantitative estimate of drug-likeness (QED) is 0.252. The Bertz CT molecular complexity index is 1040. The van der Waals surface area contributed by atoms with E-state index in [1.165, 1.54) is 0 Å². The lowest BCUT2D eigenvalue weighted by Crippen LogP contribution is -2.50. The highest BCUT2D eigenvalue weighted by Crippen LogP contribution is 2.50. The number of benzene rings is 1. The van der Waals surface area contributed by atoms with Crippen molar-refractivity contribution in [3.05, 3.63) is 47.5 Å². The van der Waals surface area contributed by atoms with E-state index in [1.54, 1.807) is 11.0 Å². The molecule has 0 unspecified atom stereocenters. The Kier molecular flexibility index (Phi) is 8.54. The fourth-order valence-electron chi connectivity index (χ4n) is 5.35. The number of likely N-dealkylation sites (tertiary alicyclic amines) is 1. The van der Waals surface area contributed by atoms with Gasteiger partial charge in [0.05, 0.1) is 25.2 Å². The van der Waals surface area contributed by atoms with Crippen LogP contribution < -0.4 is 5.32 Å². The zero-order valence-corrected chi connectivity index (χ0v) is 21.4. The number of rotatable bonds is 9. The van der Waals surface area contributed by atoms with Crippen LogP contribution in [0.2, 0.25) is 0 Å². The summed E-state index contributed by atoms with van der Waals surface area (Å²) in [5.41, 5.74) is 0.432. The van der Waals surface area contributed by atoms with Crippen LogP contribution >= 0.6 is 0 Å². The number of nitriles is 1. The molecule has 3 fully saturated rings. The molecule has 3 N–H and O–H groups in total. The molecule has 11 heteroatoms. The lowest BCUT2D eigenvalue weighted by molar-refractivity contribution is -0.129. The number of alkyl carbamates (subject to hydrolysis) is 1. The van der Waals surface area contributed by atoms with Crippen molar-refractivity contribution in [2.24, 2.45) is 11.8 Å². The molecule has 2 aliphatic heterocycles. The van der Waals surface area contributed by atoms with E-state index < -0.39 is 24.7 Å². The highest BCUT2D eigenvalue weighted by Gasteiger charge is 2.54. The summed E-state index contributed by atoms with van der Waals surface area (Å²) < 4.78 is 10.9. The molecule has 1 saturated carbocycles. The molecule has 4 atom stereocenters. The zero-order chi connectivity index (χ0) is 26.6. The van der Waals surface area contributed by atoms with Crippen LogP contribution in [0, 0.1) is 23.2 Å². The summed E-state index contributed by atoms with van der Waals surface area (Å²) in [6.45, 7) is 7.15.